The summed E-state index contributed by atoms with van der Waals surface area (Å²) in [5.74, 6) is -0.438. The third-order valence-corrected chi connectivity index (χ3v) is 8.88. The molecule has 1 N–H and O–H groups in total. The van der Waals surface area contributed by atoms with Crippen LogP contribution in [0, 0.1) is 0 Å². The number of anilines is 1. The molecule has 2 heterocycles. The van der Waals surface area contributed by atoms with E-state index in [1.54, 1.807) is 11.8 Å². The van der Waals surface area contributed by atoms with E-state index in [4.69, 9.17) is 0 Å². The van der Waals surface area contributed by atoms with Crippen LogP contribution in [0.15, 0.2) is 4.34 Å². The van der Waals surface area contributed by atoms with Crippen molar-refractivity contribution in [3.05, 3.63) is 0 Å². The number of thioether (sulfide) groups is 1. The number of nitrogens with one attached hydrogen (secondary N) is 1. The predicted molar refractivity (Wildman–Crippen MR) is 119 cm³/mol. The first-order chi connectivity index (χ1) is 14.7. The molecule has 0 aromatic carbocycles. The molecule has 1 aromatic heterocycles. The highest BCUT2D eigenvalue weighted by atomic mass is 32.2. The van der Waals surface area contributed by atoms with Crippen LogP contribution in [-0.2, 0) is 24.2 Å². The van der Waals surface area contributed by atoms with Crippen LogP contribution in [0.1, 0.15) is 39.5 Å². The number of likely N-dealkylation sites (N-methyl/N-ethyl adjacent to an activating group) is 1. The summed E-state index contributed by atoms with van der Waals surface area (Å²) in [7, 11) is -3.08. The van der Waals surface area contributed by atoms with E-state index in [-0.39, 0.29) is 53.6 Å². The molecule has 31 heavy (non-hydrogen) atoms. The minimum Gasteiger partial charge on any atom is -0.351 e. The SMILES string of the molecule is CCC(=O)N(c1nnc(SCC(=O)N(CC)CC(=O)NC2CCS(=O)(=O)C2)s1)C1CC1. The third-order valence-electron chi connectivity index (χ3n) is 5.07. The van der Waals surface area contributed by atoms with E-state index in [0.717, 1.165) is 12.8 Å². The summed E-state index contributed by atoms with van der Waals surface area (Å²) in [6.07, 6.45) is 2.73. The van der Waals surface area contributed by atoms with Gasteiger partial charge in [-0.3, -0.25) is 19.3 Å². The molecule has 1 aliphatic heterocycles. The fourth-order valence-electron chi connectivity index (χ4n) is 3.27. The molecule has 3 rings (SSSR count). The van der Waals surface area contributed by atoms with Crippen LogP contribution in [0.5, 0.6) is 0 Å². The first-order valence-electron chi connectivity index (χ1n) is 10.3. The Morgan fingerprint density at radius 1 is 1.16 bits per heavy atom. The Kier molecular flexibility index (Phi) is 7.92. The van der Waals surface area contributed by atoms with Crippen molar-refractivity contribution < 1.29 is 22.8 Å². The second-order valence-corrected chi connectivity index (χ2v) is 12.0. The van der Waals surface area contributed by atoms with Crippen molar-refractivity contribution in [2.75, 3.05) is 35.2 Å². The highest BCUT2D eigenvalue weighted by Crippen LogP contribution is 2.36. The summed E-state index contributed by atoms with van der Waals surface area (Å²) >= 11 is 2.51. The summed E-state index contributed by atoms with van der Waals surface area (Å²) in [5, 5.41) is 11.5. The van der Waals surface area contributed by atoms with Gasteiger partial charge in [-0.25, -0.2) is 8.42 Å². The topological polar surface area (TPSA) is 130 Å². The largest absolute Gasteiger partial charge is 0.351 e. The van der Waals surface area contributed by atoms with Gasteiger partial charge in [0.15, 0.2) is 14.2 Å². The summed E-state index contributed by atoms with van der Waals surface area (Å²) < 4.78 is 23.6. The number of nitrogens with zero attached hydrogens (tertiary/aromatic N) is 4. The van der Waals surface area contributed by atoms with Gasteiger partial charge in [-0.15, -0.1) is 10.2 Å². The van der Waals surface area contributed by atoms with Crippen molar-refractivity contribution >= 4 is 55.8 Å². The van der Waals surface area contributed by atoms with Crippen LogP contribution in [0.4, 0.5) is 5.13 Å². The second-order valence-electron chi connectivity index (χ2n) is 7.56. The fraction of sp³-hybridized carbons (Fsp3) is 0.722. The molecule has 3 amide bonds. The zero-order chi connectivity index (χ0) is 22.6. The Morgan fingerprint density at radius 2 is 1.90 bits per heavy atom. The van der Waals surface area contributed by atoms with Gasteiger partial charge in [0.1, 0.15) is 0 Å². The van der Waals surface area contributed by atoms with Crippen LogP contribution in [0.25, 0.3) is 0 Å². The number of carbonyl (C=O) groups is 3. The summed E-state index contributed by atoms with van der Waals surface area (Å²) in [6, 6.07) is -0.190. The Bertz CT molecular complexity index is 931. The molecule has 1 aromatic rings. The molecule has 1 saturated carbocycles. The average Bonchev–Trinajstić information content (AvgIpc) is 3.34. The molecule has 0 radical (unpaired) electrons. The molecule has 1 atom stereocenters. The number of sulfone groups is 1. The summed E-state index contributed by atoms with van der Waals surface area (Å²) in [5.41, 5.74) is 0. The molecular weight excluding hydrogens is 462 g/mol. The zero-order valence-corrected chi connectivity index (χ0v) is 20.0. The maximum absolute atomic E-state index is 12.6. The van der Waals surface area contributed by atoms with Crippen LogP contribution in [0.3, 0.4) is 0 Å². The van der Waals surface area contributed by atoms with E-state index in [1.807, 2.05) is 6.92 Å². The van der Waals surface area contributed by atoms with Crippen LogP contribution >= 0.6 is 23.1 Å². The number of hydrogen-bond acceptors (Lipinski definition) is 9. The Morgan fingerprint density at radius 3 is 2.48 bits per heavy atom. The number of amides is 3. The number of aromatic nitrogens is 2. The zero-order valence-electron chi connectivity index (χ0n) is 17.6. The van der Waals surface area contributed by atoms with E-state index in [9.17, 15) is 22.8 Å². The standard InChI is InChI=1S/C18H27N5O5S3/c1-3-15(25)23(13-5-6-13)17-20-21-18(30-17)29-10-16(26)22(4-2)9-14(24)19-12-7-8-31(27,28)11-12/h12-13H,3-11H2,1-2H3,(H,19,24). The van der Waals surface area contributed by atoms with Gasteiger partial charge in [-0.2, -0.15) is 0 Å². The van der Waals surface area contributed by atoms with Crippen molar-refractivity contribution in [2.24, 2.45) is 0 Å². The van der Waals surface area contributed by atoms with Gasteiger partial charge >= 0.3 is 0 Å². The van der Waals surface area contributed by atoms with Gasteiger partial charge in [-0.1, -0.05) is 30.0 Å². The van der Waals surface area contributed by atoms with Crippen molar-refractivity contribution in [2.45, 2.75) is 56.0 Å². The first kappa shape index (κ1) is 23.9. The predicted octanol–water partition coefficient (Wildman–Crippen LogP) is 0.687. The third kappa shape index (κ3) is 6.62. The molecule has 2 aliphatic rings. The quantitative estimate of drug-likeness (QED) is 0.375. The second kappa shape index (κ2) is 10.3. The minimum atomic E-state index is -3.08. The monoisotopic (exact) mass is 489 g/mol. The van der Waals surface area contributed by atoms with Gasteiger partial charge in [0.2, 0.25) is 22.9 Å². The Balaban J connectivity index is 1.49. The van der Waals surface area contributed by atoms with E-state index >= 15 is 0 Å². The molecular formula is C18H27N5O5S3. The van der Waals surface area contributed by atoms with Gasteiger partial charge < -0.3 is 10.2 Å². The molecule has 1 aliphatic carbocycles. The number of carbonyl (C=O) groups excluding carboxylic acids is 3. The van der Waals surface area contributed by atoms with Crippen molar-refractivity contribution in [1.29, 1.82) is 0 Å². The van der Waals surface area contributed by atoms with Crippen LogP contribution in [0.2, 0.25) is 0 Å². The highest BCUT2D eigenvalue weighted by Gasteiger charge is 2.35. The average molecular weight is 490 g/mol. The molecule has 10 nitrogen and oxygen atoms in total. The summed E-state index contributed by atoms with van der Waals surface area (Å²) in [6.45, 7) is 3.84. The number of hydrogen-bond donors (Lipinski definition) is 1. The molecule has 2 fully saturated rings. The summed E-state index contributed by atoms with van der Waals surface area (Å²) in [4.78, 5) is 40.1. The smallest absolute Gasteiger partial charge is 0.239 e. The Hall–Kier alpha value is -1.73. The normalized spacial score (nSPS) is 19.7. The lowest BCUT2D eigenvalue weighted by Crippen LogP contribution is -2.45. The minimum absolute atomic E-state index is 0.0181. The van der Waals surface area contributed by atoms with E-state index < -0.39 is 9.84 Å². The van der Waals surface area contributed by atoms with E-state index in [0.29, 0.717) is 28.9 Å². The lowest BCUT2D eigenvalue weighted by molar-refractivity contribution is -0.134. The van der Waals surface area contributed by atoms with Crippen LogP contribution < -0.4 is 10.2 Å². The van der Waals surface area contributed by atoms with Crippen molar-refractivity contribution in [3.8, 4) is 0 Å². The first-order valence-corrected chi connectivity index (χ1v) is 13.9. The molecule has 1 unspecified atom stereocenters. The van der Waals surface area contributed by atoms with E-state index in [2.05, 4.69) is 15.5 Å². The van der Waals surface area contributed by atoms with Gasteiger partial charge in [0, 0.05) is 25.0 Å². The highest BCUT2D eigenvalue weighted by molar-refractivity contribution is 8.01. The lowest BCUT2D eigenvalue weighted by Gasteiger charge is -2.21. The maximum atomic E-state index is 12.6. The van der Waals surface area contributed by atoms with Gasteiger partial charge in [0.25, 0.3) is 0 Å². The van der Waals surface area contributed by atoms with Crippen molar-refractivity contribution in [1.82, 2.24) is 20.4 Å². The number of rotatable bonds is 10. The maximum Gasteiger partial charge on any atom is 0.239 e. The van der Waals surface area contributed by atoms with Gasteiger partial charge in [-0.05, 0) is 26.2 Å². The molecule has 1 saturated heterocycles. The molecule has 172 valence electrons. The van der Waals surface area contributed by atoms with E-state index in [1.165, 1.54) is 28.0 Å². The Labute approximate surface area is 190 Å². The molecule has 0 bridgehead atoms. The lowest BCUT2D eigenvalue weighted by atomic mass is 10.2. The van der Waals surface area contributed by atoms with Crippen molar-refractivity contribution in [3.63, 3.8) is 0 Å². The van der Waals surface area contributed by atoms with Crippen LogP contribution in [-0.4, -0.2) is 83.7 Å². The van der Waals surface area contributed by atoms with Gasteiger partial charge in [0.05, 0.1) is 23.8 Å². The molecule has 0 spiro atoms. The molecule has 13 heteroatoms. The fourth-order valence-corrected chi connectivity index (χ4v) is 6.78.